The number of hydrogen-bond acceptors (Lipinski definition) is 4. The van der Waals surface area contributed by atoms with Gasteiger partial charge in [-0.25, -0.2) is 9.67 Å². The quantitative estimate of drug-likeness (QED) is 0.777. The second-order valence-electron chi connectivity index (χ2n) is 5.07. The molecule has 90 valence electrons. The molecule has 2 aliphatic rings. The Bertz CT molecular complexity index is 442. The van der Waals surface area contributed by atoms with Crippen molar-refractivity contribution in [2.75, 3.05) is 0 Å². The molecule has 0 radical (unpaired) electrons. The molecule has 3 rings (SSSR count). The van der Waals surface area contributed by atoms with Gasteiger partial charge in [0.25, 0.3) is 5.82 Å². The summed E-state index contributed by atoms with van der Waals surface area (Å²) in [7, 11) is 0. The highest BCUT2D eigenvalue weighted by atomic mass is 16.5. The highest BCUT2D eigenvalue weighted by molar-refractivity contribution is 5.05. The predicted octanol–water partition coefficient (Wildman–Crippen LogP) is 1.64. The predicted molar refractivity (Wildman–Crippen MR) is 60.0 cm³/mol. The van der Waals surface area contributed by atoms with Crippen LogP contribution >= 0.6 is 0 Å². The van der Waals surface area contributed by atoms with Crippen molar-refractivity contribution in [1.82, 2.24) is 14.8 Å². The molecule has 1 saturated heterocycles. The van der Waals surface area contributed by atoms with E-state index >= 15 is 0 Å². The van der Waals surface area contributed by atoms with Gasteiger partial charge in [-0.2, -0.15) is 5.26 Å². The van der Waals surface area contributed by atoms with E-state index in [-0.39, 0.29) is 17.5 Å². The molecule has 1 atom stereocenters. The molecule has 1 aliphatic heterocycles. The Kier molecular flexibility index (Phi) is 2.60. The van der Waals surface area contributed by atoms with E-state index in [1.165, 1.54) is 32.1 Å². The first-order chi connectivity index (χ1) is 8.30. The molecule has 1 aliphatic carbocycles. The first kappa shape index (κ1) is 10.7. The van der Waals surface area contributed by atoms with E-state index in [0.29, 0.717) is 0 Å². The molecule has 1 unspecified atom stereocenters. The Balaban J connectivity index is 1.62. The molecule has 0 N–H and O–H groups in total. The standard InChI is InChI=1S/C12H16N4O/c13-7-11-14-9-16(15-11)8-10-3-6-12(17-10)4-1-2-5-12/h9-10H,1-6,8H2. The maximum atomic E-state index is 8.66. The Hall–Kier alpha value is -1.41. The summed E-state index contributed by atoms with van der Waals surface area (Å²) in [5, 5.41) is 12.7. The summed E-state index contributed by atoms with van der Waals surface area (Å²) in [6.45, 7) is 0.719. The summed E-state index contributed by atoms with van der Waals surface area (Å²) < 4.78 is 7.90. The van der Waals surface area contributed by atoms with Gasteiger partial charge in [0, 0.05) is 0 Å². The molecule has 2 heterocycles. The third-order valence-electron chi connectivity index (χ3n) is 3.88. The largest absolute Gasteiger partial charge is 0.370 e. The minimum Gasteiger partial charge on any atom is -0.370 e. The summed E-state index contributed by atoms with van der Waals surface area (Å²) in [6, 6.07) is 1.94. The number of rotatable bonds is 2. The molecule has 1 aromatic rings. The first-order valence-corrected chi connectivity index (χ1v) is 6.27. The monoisotopic (exact) mass is 232 g/mol. The van der Waals surface area contributed by atoms with E-state index in [0.717, 1.165) is 13.0 Å². The van der Waals surface area contributed by atoms with Crippen LogP contribution in [0, 0.1) is 11.3 Å². The lowest BCUT2D eigenvalue weighted by Gasteiger charge is -2.23. The van der Waals surface area contributed by atoms with Gasteiger partial charge in [-0.1, -0.05) is 12.8 Å². The lowest BCUT2D eigenvalue weighted by Crippen LogP contribution is -2.26. The fourth-order valence-electron chi connectivity index (χ4n) is 3.05. The van der Waals surface area contributed by atoms with Gasteiger partial charge in [0.05, 0.1) is 18.2 Å². The summed E-state index contributed by atoms with van der Waals surface area (Å²) in [5.41, 5.74) is 0.170. The van der Waals surface area contributed by atoms with Crippen LogP contribution in [0.3, 0.4) is 0 Å². The van der Waals surface area contributed by atoms with Crippen molar-refractivity contribution in [2.45, 2.75) is 56.8 Å². The summed E-state index contributed by atoms with van der Waals surface area (Å²) in [4.78, 5) is 3.90. The number of ether oxygens (including phenoxy) is 1. The van der Waals surface area contributed by atoms with Crippen molar-refractivity contribution < 1.29 is 4.74 Å². The fraction of sp³-hybridized carbons (Fsp3) is 0.750. The fourth-order valence-corrected chi connectivity index (χ4v) is 3.05. The Labute approximate surface area is 100 Å². The number of nitrogens with zero attached hydrogens (tertiary/aromatic N) is 4. The van der Waals surface area contributed by atoms with Crippen LogP contribution in [-0.2, 0) is 11.3 Å². The average Bonchev–Trinajstić information content (AvgIpc) is 3.03. The van der Waals surface area contributed by atoms with Crippen LogP contribution in [-0.4, -0.2) is 26.5 Å². The van der Waals surface area contributed by atoms with E-state index in [4.69, 9.17) is 10.00 Å². The van der Waals surface area contributed by atoms with Crippen LogP contribution in [0.4, 0.5) is 0 Å². The molecule has 1 spiro atoms. The van der Waals surface area contributed by atoms with Crippen LogP contribution in [0.25, 0.3) is 0 Å². The van der Waals surface area contributed by atoms with Crippen LogP contribution in [0.15, 0.2) is 6.33 Å². The minimum atomic E-state index is 0.170. The first-order valence-electron chi connectivity index (χ1n) is 6.27. The van der Waals surface area contributed by atoms with Crippen molar-refractivity contribution in [3.63, 3.8) is 0 Å². The van der Waals surface area contributed by atoms with Gasteiger partial charge in [-0.15, -0.1) is 5.10 Å². The number of nitriles is 1. The summed E-state index contributed by atoms with van der Waals surface area (Å²) in [6.07, 6.45) is 9.15. The SMILES string of the molecule is N#Cc1ncn(CC2CCC3(CCCC3)O2)n1. The van der Waals surface area contributed by atoms with Crippen molar-refractivity contribution in [3.05, 3.63) is 12.2 Å². The van der Waals surface area contributed by atoms with Gasteiger partial charge in [0.2, 0.25) is 0 Å². The third-order valence-corrected chi connectivity index (χ3v) is 3.88. The van der Waals surface area contributed by atoms with Crippen molar-refractivity contribution in [3.8, 4) is 6.07 Å². The average molecular weight is 232 g/mol. The van der Waals surface area contributed by atoms with E-state index in [1.807, 2.05) is 6.07 Å². The molecule has 1 saturated carbocycles. The molecular formula is C12H16N4O. The maximum Gasteiger partial charge on any atom is 0.252 e. The Morgan fingerprint density at radius 3 is 3.00 bits per heavy atom. The van der Waals surface area contributed by atoms with E-state index < -0.39 is 0 Å². The van der Waals surface area contributed by atoms with Crippen LogP contribution < -0.4 is 0 Å². The Morgan fingerprint density at radius 1 is 1.47 bits per heavy atom. The highest BCUT2D eigenvalue weighted by Gasteiger charge is 2.42. The Morgan fingerprint density at radius 2 is 2.29 bits per heavy atom. The van der Waals surface area contributed by atoms with Crippen molar-refractivity contribution in [1.29, 1.82) is 5.26 Å². The van der Waals surface area contributed by atoms with E-state index in [2.05, 4.69) is 10.1 Å². The van der Waals surface area contributed by atoms with Crippen molar-refractivity contribution >= 4 is 0 Å². The normalized spacial score (nSPS) is 26.4. The molecule has 0 bridgehead atoms. The topological polar surface area (TPSA) is 63.7 Å². The van der Waals surface area contributed by atoms with Gasteiger partial charge in [0.1, 0.15) is 12.4 Å². The van der Waals surface area contributed by atoms with Crippen LogP contribution in [0.1, 0.15) is 44.3 Å². The number of aromatic nitrogens is 3. The second-order valence-corrected chi connectivity index (χ2v) is 5.07. The lowest BCUT2D eigenvalue weighted by atomic mass is 9.98. The van der Waals surface area contributed by atoms with Gasteiger partial charge >= 0.3 is 0 Å². The smallest absolute Gasteiger partial charge is 0.252 e. The molecule has 5 nitrogen and oxygen atoms in total. The van der Waals surface area contributed by atoms with Gasteiger partial charge < -0.3 is 4.74 Å². The molecule has 1 aromatic heterocycles. The zero-order chi connectivity index (χ0) is 11.7. The molecule has 0 aromatic carbocycles. The number of hydrogen-bond donors (Lipinski definition) is 0. The molecule has 2 fully saturated rings. The van der Waals surface area contributed by atoms with Gasteiger partial charge in [-0.3, -0.25) is 0 Å². The second kappa shape index (κ2) is 4.11. The van der Waals surface area contributed by atoms with Crippen molar-refractivity contribution in [2.24, 2.45) is 0 Å². The summed E-state index contributed by atoms with van der Waals surface area (Å²) >= 11 is 0. The van der Waals surface area contributed by atoms with E-state index in [9.17, 15) is 0 Å². The molecule has 5 heteroatoms. The molecule has 17 heavy (non-hydrogen) atoms. The van der Waals surface area contributed by atoms with Crippen LogP contribution in [0.5, 0.6) is 0 Å². The van der Waals surface area contributed by atoms with Gasteiger partial charge in [-0.05, 0) is 25.7 Å². The lowest BCUT2D eigenvalue weighted by molar-refractivity contribution is -0.0429. The maximum absolute atomic E-state index is 8.66. The third kappa shape index (κ3) is 2.05. The molecular weight excluding hydrogens is 216 g/mol. The van der Waals surface area contributed by atoms with Gasteiger partial charge in [0.15, 0.2) is 0 Å². The minimum absolute atomic E-state index is 0.170. The zero-order valence-corrected chi connectivity index (χ0v) is 9.80. The summed E-state index contributed by atoms with van der Waals surface area (Å²) in [5.74, 6) is 0.235. The van der Waals surface area contributed by atoms with Crippen LogP contribution in [0.2, 0.25) is 0 Å². The zero-order valence-electron chi connectivity index (χ0n) is 9.80. The molecule has 0 amide bonds. The van der Waals surface area contributed by atoms with E-state index in [1.54, 1.807) is 11.0 Å². The highest BCUT2D eigenvalue weighted by Crippen LogP contribution is 2.43.